The maximum absolute atomic E-state index is 5.39. The molecule has 0 aromatic carbocycles. The van der Waals surface area contributed by atoms with Crippen molar-refractivity contribution in [3.8, 4) is 0 Å². The van der Waals surface area contributed by atoms with Gasteiger partial charge in [0, 0.05) is 11.1 Å². The van der Waals surface area contributed by atoms with Crippen LogP contribution in [-0.4, -0.2) is 11.5 Å². The van der Waals surface area contributed by atoms with Crippen LogP contribution in [0.4, 0.5) is 0 Å². The Balaban J connectivity index is 2.25. The molecule has 2 aromatic heterocycles. The van der Waals surface area contributed by atoms with Gasteiger partial charge in [0.25, 0.3) is 0 Å². The van der Waals surface area contributed by atoms with Crippen LogP contribution in [0.3, 0.4) is 0 Å². The third kappa shape index (κ3) is 1.86. The minimum absolute atomic E-state index is 0.141. The van der Waals surface area contributed by atoms with E-state index in [9.17, 15) is 0 Å². The molecule has 1 atom stereocenters. The largest absolute Gasteiger partial charge is 0.467 e. The van der Waals surface area contributed by atoms with Crippen molar-refractivity contribution in [2.75, 3.05) is 6.54 Å². The summed E-state index contributed by atoms with van der Waals surface area (Å²) in [5, 5.41) is 3.36. The van der Waals surface area contributed by atoms with Crippen LogP contribution < -0.4 is 5.32 Å². The Labute approximate surface area is 86.8 Å². The minimum Gasteiger partial charge on any atom is -0.467 e. The minimum atomic E-state index is 0.141. The van der Waals surface area contributed by atoms with Crippen molar-refractivity contribution >= 4 is 11.3 Å². The lowest BCUT2D eigenvalue weighted by Crippen LogP contribution is -2.20. The molecular weight excluding hydrogens is 196 g/mol. The number of hydrogen-bond donors (Lipinski definition) is 1. The second-order valence-electron chi connectivity index (χ2n) is 2.91. The van der Waals surface area contributed by atoms with E-state index in [4.69, 9.17) is 4.42 Å². The zero-order valence-electron chi connectivity index (χ0n) is 7.93. The van der Waals surface area contributed by atoms with Gasteiger partial charge in [-0.15, -0.1) is 11.3 Å². The molecule has 0 spiro atoms. The van der Waals surface area contributed by atoms with Crippen molar-refractivity contribution in [2.45, 2.75) is 13.0 Å². The zero-order chi connectivity index (χ0) is 9.80. The Morgan fingerprint density at radius 1 is 1.64 bits per heavy atom. The van der Waals surface area contributed by atoms with Crippen LogP contribution in [0.15, 0.2) is 34.5 Å². The van der Waals surface area contributed by atoms with Crippen molar-refractivity contribution in [3.63, 3.8) is 0 Å². The molecular formula is C10H12N2OS. The van der Waals surface area contributed by atoms with Crippen LogP contribution in [0.25, 0.3) is 0 Å². The molecule has 3 nitrogen and oxygen atoms in total. The van der Waals surface area contributed by atoms with E-state index < -0.39 is 0 Å². The van der Waals surface area contributed by atoms with Crippen LogP contribution in [0.1, 0.15) is 23.6 Å². The van der Waals surface area contributed by atoms with E-state index >= 15 is 0 Å². The van der Waals surface area contributed by atoms with E-state index in [1.165, 1.54) is 4.88 Å². The van der Waals surface area contributed by atoms with Crippen molar-refractivity contribution in [2.24, 2.45) is 0 Å². The summed E-state index contributed by atoms with van der Waals surface area (Å²) in [7, 11) is 0. The quantitative estimate of drug-likeness (QED) is 0.838. The number of thiazole rings is 1. The van der Waals surface area contributed by atoms with Crippen LogP contribution >= 0.6 is 11.3 Å². The Morgan fingerprint density at radius 2 is 2.57 bits per heavy atom. The van der Waals surface area contributed by atoms with E-state index in [-0.39, 0.29) is 6.04 Å². The second-order valence-corrected chi connectivity index (χ2v) is 3.83. The Bertz CT molecular complexity index is 321. The lowest BCUT2D eigenvalue weighted by Gasteiger charge is -2.12. The normalized spacial score (nSPS) is 12.9. The fourth-order valence-corrected chi connectivity index (χ4v) is 2.07. The standard InChI is InChI=1S/C10H12N2OS/c1-2-12-10(8-4-3-5-13-8)9-6-11-7-14-9/h3-7,10,12H,2H2,1H3. The molecule has 0 saturated carbocycles. The molecule has 0 aliphatic heterocycles. The van der Waals surface area contributed by atoms with E-state index in [0.29, 0.717) is 0 Å². The third-order valence-electron chi connectivity index (χ3n) is 1.97. The van der Waals surface area contributed by atoms with Gasteiger partial charge in [0.05, 0.1) is 11.8 Å². The molecule has 0 aliphatic rings. The first-order chi connectivity index (χ1) is 6.92. The van der Waals surface area contributed by atoms with Gasteiger partial charge in [0.15, 0.2) is 0 Å². The molecule has 0 bridgehead atoms. The van der Waals surface area contributed by atoms with Crippen LogP contribution in [0.2, 0.25) is 0 Å². The molecule has 4 heteroatoms. The van der Waals surface area contributed by atoms with Gasteiger partial charge in [-0.1, -0.05) is 6.92 Å². The predicted octanol–water partition coefficient (Wildman–Crippen LogP) is 2.44. The second kappa shape index (κ2) is 4.39. The molecule has 0 fully saturated rings. The van der Waals surface area contributed by atoms with Gasteiger partial charge >= 0.3 is 0 Å². The maximum atomic E-state index is 5.39. The molecule has 1 unspecified atom stereocenters. The van der Waals surface area contributed by atoms with Gasteiger partial charge in [-0.05, 0) is 18.7 Å². The molecule has 74 valence electrons. The van der Waals surface area contributed by atoms with E-state index in [1.807, 2.05) is 23.8 Å². The van der Waals surface area contributed by atoms with Crippen LogP contribution in [0.5, 0.6) is 0 Å². The van der Waals surface area contributed by atoms with Crippen molar-refractivity contribution < 1.29 is 4.42 Å². The monoisotopic (exact) mass is 208 g/mol. The highest BCUT2D eigenvalue weighted by atomic mass is 32.1. The van der Waals surface area contributed by atoms with Crippen molar-refractivity contribution in [3.05, 3.63) is 40.7 Å². The molecule has 2 aromatic rings. The first-order valence-electron chi connectivity index (χ1n) is 4.57. The summed E-state index contributed by atoms with van der Waals surface area (Å²) in [4.78, 5) is 5.25. The number of rotatable bonds is 4. The highest BCUT2D eigenvalue weighted by Gasteiger charge is 2.16. The van der Waals surface area contributed by atoms with Gasteiger partial charge in [-0.2, -0.15) is 0 Å². The number of aromatic nitrogens is 1. The molecule has 0 radical (unpaired) electrons. The molecule has 0 saturated heterocycles. The summed E-state index contributed by atoms with van der Waals surface area (Å²) in [6, 6.07) is 4.02. The molecule has 0 aliphatic carbocycles. The lowest BCUT2D eigenvalue weighted by atomic mass is 10.2. The van der Waals surface area contributed by atoms with E-state index in [1.54, 1.807) is 17.6 Å². The van der Waals surface area contributed by atoms with Crippen LogP contribution in [-0.2, 0) is 0 Å². The number of furan rings is 1. The summed E-state index contributed by atoms with van der Waals surface area (Å²) >= 11 is 1.64. The Kier molecular flexibility index (Phi) is 2.96. The topological polar surface area (TPSA) is 38.1 Å². The highest BCUT2D eigenvalue weighted by molar-refractivity contribution is 7.09. The lowest BCUT2D eigenvalue weighted by molar-refractivity contribution is 0.455. The van der Waals surface area contributed by atoms with Crippen molar-refractivity contribution in [1.82, 2.24) is 10.3 Å². The van der Waals surface area contributed by atoms with E-state index in [2.05, 4.69) is 17.2 Å². The first-order valence-corrected chi connectivity index (χ1v) is 5.45. The van der Waals surface area contributed by atoms with Gasteiger partial charge in [0.1, 0.15) is 11.8 Å². The van der Waals surface area contributed by atoms with Gasteiger partial charge in [-0.25, -0.2) is 0 Å². The van der Waals surface area contributed by atoms with Crippen molar-refractivity contribution in [1.29, 1.82) is 0 Å². The maximum Gasteiger partial charge on any atom is 0.126 e. The average molecular weight is 208 g/mol. The average Bonchev–Trinajstić information content (AvgIpc) is 2.87. The Morgan fingerprint density at radius 3 is 3.14 bits per heavy atom. The summed E-state index contributed by atoms with van der Waals surface area (Å²) in [6.07, 6.45) is 3.57. The third-order valence-corrected chi connectivity index (χ3v) is 2.81. The van der Waals surface area contributed by atoms with E-state index in [0.717, 1.165) is 12.3 Å². The molecule has 1 N–H and O–H groups in total. The Hall–Kier alpha value is -1.13. The number of nitrogens with one attached hydrogen (secondary N) is 1. The SMILES string of the molecule is CCNC(c1ccco1)c1cncs1. The molecule has 0 amide bonds. The summed E-state index contributed by atoms with van der Waals surface area (Å²) in [5.74, 6) is 0.941. The molecule has 14 heavy (non-hydrogen) atoms. The first kappa shape index (κ1) is 9.43. The van der Waals surface area contributed by atoms with Crippen LogP contribution in [0, 0.1) is 0 Å². The summed E-state index contributed by atoms with van der Waals surface area (Å²) < 4.78 is 5.39. The zero-order valence-corrected chi connectivity index (χ0v) is 8.75. The summed E-state index contributed by atoms with van der Waals surface area (Å²) in [6.45, 7) is 2.99. The number of nitrogens with zero attached hydrogens (tertiary/aromatic N) is 1. The van der Waals surface area contributed by atoms with Gasteiger partial charge in [0.2, 0.25) is 0 Å². The summed E-state index contributed by atoms with van der Waals surface area (Å²) in [5.41, 5.74) is 1.84. The molecule has 2 rings (SSSR count). The van der Waals surface area contributed by atoms with Gasteiger partial charge < -0.3 is 9.73 Å². The fraction of sp³-hybridized carbons (Fsp3) is 0.300. The van der Waals surface area contributed by atoms with Gasteiger partial charge in [-0.3, -0.25) is 4.98 Å². The highest BCUT2D eigenvalue weighted by Crippen LogP contribution is 2.24. The fourth-order valence-electron chi connectivity index (χ4n) is 1.37. The predicted molar refractivity (Wildman–Crippen MR) is 56.3 cm³/mol. The number of hydrogen-bond acceptors (Lipinski definition) is 4. The molecule has 2 heterocycles. The smallest absolute Gasteiger partial charge is 0.126 e.